The maximum Gasteiger partial charge on any atom is 0.268 e. The molecule has 1 amide bonds. The predicted molar refractivity (Wildman–Crippen MR) is 113 cm³/mol. The molecule has 0 aromatic heterocycles. The number of nitrogens with one attached hydrogen (secondary N) is 1. The van der Waals surface area contributed by atoms with Crippen LogP contribution in [0, 0.1) is 0 Å². The number of amidine groups is 1. The number of unbranched alkanes of at least 4 members (excludes halogenated alkanes) is 5. The molecule has 1 aromatic carbocycles. The van der Waals surface area contributed by atoms with E-state index in [0.717, 1.165) is 42.2 Å². The number of aliphatic hydroxyl groups excluding tert-OH is 1. The van der Waals surface area contributed by atoms with E-state index in [2.05, 4.69) is 23.3 Å². The Kier molecular flexibility index (Phi) is 7.21. The Morgan fingerprint density at radius 3 is 2.81 bits per heavy atom. The molecule has 5 nitrogen and oxygen atoms in total. The molecular weight excluding hydrogens is 358 g/mol. The van der Waals surface area contributed by atoms with Gasteiger partial charge in [0.05, 0.1) is 0 Å². The maximum absolute atomic E-state index is 12.7. The lowest BCUT2D eigenvalue weighted by molar-refractivity contribution is -0.112. The Morgan fingerprint density at radius 2 is 2.00 bits per heavy atom. The van der Waals surface area contributed by atoms with Crippen LogP contribution in [-0.4, -0.2) is 34.2 Å². The number of amides is 1. The molecule has 0 unspecified atom stereocenters. The van der Waals surface area contributed by atoms with Gasteiger partial charge in [-0.05, 0) is 42.7 Å². The number of carbonyl (C=O) groups is 1. The van der Waals surface area contributed by atoms with Gasteiger partial charge in [-0.3, -0.25) is 14.7 Å². The summed E-state index contributed by atoms with van der Waals surface area (Å²) in [5.41, 5.74) is 1.99. The lowest BCUT2D eigenvalue weighted by Gasteiger charge is -2.21. The van der Waals surface area contributed by atoms with Crippen molar-refractivity contribution >= 4 is 28.5 Å². The van der Waals surface area contributed by atoms with Crippen LogP contribution in [0.5, 0.6) is 0 Å². The highest BCUT2D eigenvalue weighted by molar-refractivity contribution is 8.18. The van der Waals surface area contributed by atoms with E-state index in [0.29, 0.717) is 11.4 Å². The molecule has 0 fully saturated rings. The van der Waals surface area contributed by atoms with Gasteiger partial charge in [0, 0.05) is 18.8 Å². The molecule has 3 rings (SSSR count). The smallest absolute Gasteiger partial charge is 0.268 e. The van der Waals surface area contributed by atoms with Crippen molar-refractivity contribution in [1.82, 2.24) is 4.90 Å². The van der Waals surface area contributed by atoms with E-state index in [4.69, 9.17) is 0 Å². The SMILES string of the molecule is CCCCCCCCc1ccccc1NC(=O)C1=C(O)N2CCCN=C2S1. The summed E-state index contributed by atoms with van der Waals surface area (Å²) < 4.78 is 0. The normalized spacial score (nSPS) is 16.3. The molecule has 2 N–H and O–H groups in total. The summed E-state index contributed by atoms with van der Waals surface area (Å²) in [5.74, 6) is -0.227. The van der Waals surface area contributed by atoms with Gasteiger partial charge in [-0.2, -0.15) is 0 Å². The second-order valence-corrected chi connectivity index (χ2v) is 8.03. The largest absolute Gasteiger partial charge is 0.493 e. The topological polar surface area (TPSA) is 64.9 Å². The van der Waals surface area contributed by atoms with Crippen LogP contribution < -0.4 is 5.32 Å². The molecule has 0 radical (unpaired) electrons. The third kappa shape index (κ3) is 5.06. The number of nitrogens with zero attached hydrogens (tertiary/aromatic N) is 2. The van der Waals surface area contributed by atoms with Gasteiger partial charge < -0.3 is 10.4 Å². The average molecular weight is 388 g/mol. The van der Waals surface area contributed by atoms with Crippen molar-refractivity contribution in [3.05, 3.63) is 40.6 Å². The standard InChI is InChI=1S/C21H29N3O2S/c1-2-3-4-5-6-7-11-16-12-8-9-13-17(16)23-19(25)18-20(26)24-15-10-14-22-21(24)27-18/h8-9,12-13,26H,2-7,10-11,14-15H2,1H3,(H,23,25). The summed E-state index contributed by atoms with van der Waals surface area (Å²) in [6.07, 6.45) is 9.36. The van der Waals surface area contributed by atoms with Crippen LogP contribution in [0.3, 0.4) is 0 Å². The Bertz CT molecular complexity index is 730. The summed E-state index contributed by atoms with van der Waals surface area (Å²) in [4.78, 5) is 19.2. The van der Waals surface area contributed by atoms with Gasteiger partial charge in [0.25, 0.3) is 5.91 Å². The minimum Gasteiger partial charge on any atom is -0.493 e. The second kappa shape index (κ2) is 9.83. The Balaban J connectivity index is 1.59. The van der Waals surface area contributed by atoms with Crippen LogP contribution in [0.25, 0.3) is 0 Å². The molecular formula is C21H29N3O2S. The fourth-order valence-corrected chi connectivity index (χ4v) is 4.38. The number of para-hydroxylation sites is 1. The van der Waals surface area contributed by atoms with E-state index < -0.39 is 0 Å². The van der Waals surface area contributed by atoms with Crippen LogP contribution in [-0.2, 0) is 11.2 Å². The minimum absolute atomic E-state index is 0.0318. The first kappa shape index (κ1) is 19.8. The summed E-state index contributed by atoms with van der Waals surface area (Å²) in [5, 5.41) is 14.1. The van der Waals surface area contributed by atoms with Crippen molar-refractivity contribution in [3.63, 3.8) is 0 Å². The zero-order valence-electron chi connectivity index (χ0n) is 16.0. The number of aliphatic hydroxyl groups is 1. The highest BCUT2D eigenvalue weighted by atomic mass is 32.2. The van der Waals surface area contributed by atoms with Gasteiger partial charge in [0.1, 0.15) is 4.91 Å². The van der Waals surface area contributed by atoms with Gasteiger partial charge in [0.2, 0.25) is 5.88 Å². The van der Waals surface area contributed by atoms with Gasteiger partial charge >= 0.3 is 0 Å². The van der Waals surface area contributed by atoms with Crippen LogP contribution in [0.1, 0.15) is 57.4 Å². The lowest BCUT2D eigenvalue weighted by Crippen LogP contribution is -2.29. The zero-order valence-corrected chi connectivity index (χ0v) is 16.9. The fraction of sp³-hybridized carbons (Fsp3) is 0.524. The average Bonchev–Trinajstić information content (AvgIpc) is 3.03. The third-order valence-electron chi connectivity index (χ3n) is 4.94. The summed E-state index contributed by atoms with van der Waals surface area (Å²) >= 11 is 1.26. The predicted octanol–water partition coefficient (Wildman–Crippen LogP) is 5.06. The molecule has 2 heterocycles. The molecule has 6 heteroatoms. The second-order valence-electron chi connectivity index (χ2n) is 7.05. The van der Waals surface area contributed by atoms with E-state index >= 15 is 0 Å². The number of hydrogen-bond donors (Lipinski definition) is 2. The van der Waals surface area contributed by atoms with Gasteiger partial charge in [-0.25, -0.2) is 0 Å². The number of hydrogen-bond acceptors (Lipinski definition) is 5. The van der Waals surface area contributed by atoms with Crippen molar-refractivity contribution in [2.24, 2.45) is 4.99 Å². The number of fused-ring (bicyclic) bond motifs is 1. The first-order chi connectivity index (χ1) is 13.2. The number of benzene rings is 1. The molecule has 27 heavy (non-hydrogen) atoms. The molecule has 2 aliphatic rings. The van der Waals surface area contributed by atoms with Gasteiger partial charge in [-0.1, -0.05) is 57.2 Å². The monoisotopic (exact) mass is 387 g/mol. The van der Waals surface area contributed by atoms with Gasteiger partial charge in [0.15, 0.2) is 5.17 Å². The fourth-order valence-electron chi connectivity index (χ4n) is 3.41. The number of carbonyl (C=O) groups excluding carboxylic acids is 1. The summed E-state index contributed by atoms with van der Waals surface area (Å²) in [6, 6.07) is 7.96. The Morgan fingerprint density at radius 1 is 1.22 bits per heavy atom. The maximum atomic E-state index is 12.7. The molecule has 0 atom stereocenters. The van der Waals surface area contributed by atoms with Crippen molar-refractivity contribution < 1.29 is 9.90 Å². The highest BCUT2D eigenvalue weighted by Crippen LogP contribution is 2.35. The molecule has 0 saturated carbocycles. The lowest BCUT2D eigenvalue weighted by atomic mass is 10.0. The summed E-state index contributed by atoms with van der Waals surface area (Å²) in [6.45, 7) is 3.69. The number of anilines is 1. The first-order valence-electron chi connectivity index (χ1n) is 10.0. The molecule has 146 valence electrons. The van der Waals surface area contributed by atoms with E-state index in [1.54, 1.807) is 4.90 Å². The number of thioether (sulfide) groups is 1. The first-order valence-corrected chi connectivity index (χ1v) is 10.8. The van der Waals surface area contributed by atoms with E-state index in [9.17, 15) is 9.90 Å². The Hall–Kier alpha value is -1.95. The van der Waals surface area contributed by atoms with E-state index in [-0.39, 0.29) is 11.8 Å². The van der Waals surface area contributed by atoms with Crippen LogP contribution >= 0.6 is 11.8 Å². The molecule has 0 bridgehead atoms. The molecule has 1 aromatic rings. The van der Waals surface area contributed by atoms with Crippen LogP contribution in [0.4, 0.5) is 5.69 Å². The minimum atomic E-state index is -0.259. The quantitative estimate of drug-likeness (QED) is 0.581. The van der Waals surface area contributed by atoms with Crippen molar-refractivity contribution in [2.75, 3.05) is 18.4 Å². The van der Waals surface area contributed by atoms with E-state index in [1.165, 1.54) is 43.9 Å². The van der Waals surface area contributed by atoms with Gasteiger partial charge in [-0.15, -0.1) is 0 Å². The van der Waals surface area contributed by atoms with E-state index in [1.807, 2.05) is 18.2 Å². The van der Waals surface area contributed by atoms with Crippen LogP contribution in [0.15, 0.2) is 40.0 Å². The Labute approximate surface area is 165 Å². The molecule has 0 spiro atoms. The molecule has 0 aliphatic carbocycles. The number of aryl methyl sites for hydroxylation is 1. The third-order valence-corrected chi connectivity index (χ3v) is 6.05. The summed E-state index contributed by atoms with van der Waals surface area (Å²) in [7, 11) is 0. The molecule has 0 saturated heterocycles. The van der Waals surface area contributed by atoms with Crippen molar-refractivity contribution in [2.45, 2.75) is 58.3 Å². The van der Waals surface area contributed by atoms with Crippen molar-refractivity contribution in [3.8, 4) is 0 Å². The number of aliphatic imine (C=N–C) groups is 1. The number of rotatable bonds is 9. The highest BCUT2D eigenvalue weighted by Gasteiger charge is 2.34. The van der Waals surface area contributed by atoms with Crippen molar-refractivity contribution in [1.29, 1.82) is 0 Å². The zero-order chi connectivity index (χ0) is 19.1. The van der Waals surface area contributed by atoms with Crippen LogP contribution in [0.2, 0.25) is 0 Å². The molecule has 2 aliphatic heterocycles.